The average Bonchev–Trinajstić information content (AvgIpc) is 2.76. The molecule has 0 radical (unpaired) electrons. The summed E-state index contributed by atoms with van der Waals surface area (Å²) in [5, 5.41) is 7.37. The minimum Gasteiger partial charge on any atom is -0.388 e. The lowest BCUT2D eigenvalue weighted by atomic mass is 9.95. The van der Waals surface area contributed by atoms with Gasteiger partial charge in [-0.1, -0.05) is 68.9 Å². The van der Waals surface area contributed by atoms with E-state index in [-0.39, 0.29) is 29.7 Å². The summed E-state index contributed by atoms with van der Waals surface area (Å²) in [5.74, 6) is -0.986. The number of rotatable bonds is 5. The predicted molar refractivity (Wildman–Crippen MR) is 117 cm³/mol. The number of ether oxygens (including phenoxy) is 1. The number of benzene rings is 1. The van der Waals surface area contributed by atoms with Crippen LogP contribution in [0.2, 0.25) is 0 Å². The summed E-state index contributed by atoms with van der Waals surface area (Å²) in [6.45, 7) is 1.35. The van der Waals surface area contributed by atoms with Crippen molar-refractivity contribution in [1.82, 2.24) is 10.7 Å². The van der Waals surface area contributed by atoms with Crippen molar-refractivity contribution < 1.29 is 14.3 Å². The van der Waals surface area contributed by atoms with Gasteiger partial charge in [-0.25, -0.2) is 15.2 Å². The quantitative estimate of drug-likeness (QED) is 0.334. The minimum atomic E-state index is -0.632. The van der Waals surface area contributed by atoms with Crippen molar-refractivity contribution in [3.05, 3.63) is 35.9 Å². The van der Waals surface area contributed by atoms with E-state index in [0.717, 1.165) is 38.5 Å². The van der Waals surface area contributed by atoms with Crippen LogP contribution in [0, 0.1) is 0 Å². The van der Waals surface area contributed by atoms with Crippen LogP contribution in [0.5, 0.6) is 0 Å². The highest BCUT2D eigenvalue weighted by Gasteiger charge is 2.23. The molecule has 1 aromatic rings. The van der Waals surface area contributed by atoms with Crippen LogP contribution in [0.15, 0.2) is 40.4 Å². The van der Waals surface area contributed by atoms with Crippen LogP contribution in [0.3, 0.4) is 0 Å². The molecule has 7 nitrogen and oxygen atoms in total. The van der Waals surface area contributed by atoms with E-state index < -0.39 is 5.97 Å². The smallest absolute Gasteiger partial charge is 0.367 e. The molecule has 2 saturated carbocycles. The Morgan fingerprint density at radius 3 is 2.20 bits per heavy atom. The molecule has 1 aromatic carbocycles. The summed E-state index contributed by atoms with van der Waals surface area (Å²) in [5.41, 5.74) is 2.97. The Balaban J connectivity index is 1.78. The number of amides is 1. The van der Waals surface area contributed by atoms with Crippen molar-refractivity contribution in [2.75, 3.05) is 0 Å². The zero-order valence-electron chi connectivity index (χ0n) is 17.7. The monoisotopic (exact) mass is 412 g/mol. The van der Waals surface area contributed by atoms with Crippen molar-refractivity contribution in [1.29, 1.82) is 0 Å². The van der Waals surface area contributed by atoms with Gasteiger partial charge >= 0.3 is 5.97 Å². The molecule has 0 aliphatic heterocycles. The van der Waals surface area contributed by atoms with E-state index >= 15 is 0 Å². The second kappa shape index (κ2) is 11.5. The molecular weight excluding hydrogens is 380 g/mol. The van der Waals surface area contributed by atoms with E-state index in [9.17, 15) is 9.59 Å². The summed E-state index contributed by atoms with van der Waals surface area (Å²) in [6.07, 6.45) is 11.2. The molecule has 2 aliphatic carbocycles. The van der Waals surface area contributed by atoms with Crippen LogP contribution in [0.4, 0.5) is 0 Å². The normalized spacial score (nSPS) is 19.2. The standard InChI is InChI=1S/C23H32N4O3/c1-17(28)26-27-21(18-11-5-2-6-12-18)22(29)30-23(24-19-13-7-3-8-14-19)25-20-15-9-4-10-16-20/h2,5-6,11-12,19-20H,3-4,7-10,13-16H2,1H3,(H,24,25)(H,26,28). The number of carbonyl (C=O) groups is 2. The van der Waals surface area contributed by atoms with Gasteiger partial charge in [0.2, 0.25) is 5.91 Å². The molecule has 0 saturated heterocycles. The van der Waals surface area contributed by atoms with Crippen molar-refractivity contribution in [2.24, 2.45) is 10.1 Å². The lowest BCUT2D eigenvalue weighted by Gasteiger charge is -2.25. The summed E-state index contributed by atoms with van der Waals surface area (Å²) in [4.78, 5) is 29.1. The number of hydrogen-bond acceptors (Lipinski definition) is 5. The Labute approximate surface area is 178 Å². The molecule has 2 aliphatic rings. The summed E-state index contributed by atoms with van der Waals surface area (Å²) in [7, 11) is 0. The number of aliphatic imine (C=N–C) groups is 1. The highest BCUT2D eigenvalue weighted by atomic mass is 16.6. The van der Waals surface area contributed by atoms with E-state index in [1.165, 1.54) is 32.6 Å². The van der Waals surface area contributed by atoms with Crippen LogP contribution in [-0.4, -0.2) is 35.7 Å². The average molecular weight is 413 g/mol. The molecule has 0 atom stereocenters. The molecule has 0 bridgehead atoms. The first kappa shape index (κ1) is 22.0. The van der Waals surface area contributed by atoms with E-state index in [0.29, 0.717) is 5.56 Å². The Hall–Kier alpha value is -2.70. The third-order valence-electron chi connectivity index (χ3n) is 5.56. The predicted octanol–water partition coefficient (Wildman–Crippen LogP) is 3.68. The lowest BCUT2D eigenvalue weighted by molar-refractivity contribution is -0.128. The van der Waals surface area contributed by atoms with Gasteiger partial charge in [-0.15, -0.1) is 0 Å². The summed E-state index contributed by atoms with van der Waals surface area (Å²) < 4.78 is 5.72. The lowest BCUT2D eigenvalue weighted by Crippen LogP contribution is -2.41. The van der Waals surface area contributed by atoms with Crippen molar-refractivity contribution in [2.45, 2.75) is 83.2 Å². The van der Waals surface area contributed by atoms with Gasteiger partial charge < -0.3 is 10.1 Å². The number of esters is 1. The van der Waals surface area contributed by atoms with Gasteiger partial charge in [-0.3, -0.25) is 4.79 Å². The highest BCUT2D eigenvalue weighted by Crippen LogP contribution is 2.21. The van der Waals surface area contributed by atoms with Crippen molar-refractivity contribution >= 4 is 23.6 Å². The Kier molecular flexibility index (Phi) is 8.41. The Morgan fingerprint density at radius 1 is 0.933 bits per heavy atom. The fraction of sp³-hybridized carbons (Fsp3) is 0.565. The van der Waals surface area contributed by atoms with Crippen molar-refractivity contribution in [3.63, 3.8) is 0 Å². The van der Waals surface area contributed by atoms with Gasteiger partial charge in [-0.05, 0) is 25.7 Å². The maximum absolute atomic E-state index is 13.0. The van der Waals surface area contributed by atoms with Gasteiger partial charge in [0.1, 0.15) is 0 Å². The van der Waals surface area contributed by atoms with Crippen LogP contribution < -0.4 is 10.7 Å². The second-order valence-corrected chi connectivity index (χ2v) is 8.09. The maximum Gasteiger partial charge on any atom is 0.367 e. The van der Waals surface area contributed by atoms with Gasteiger partial charge in [0.15, 0.2) is 5.71 Å². The second-order valence-electron chi connectivity index (χ2n) is 8.09. The molecule has 3 rings (SSSR count). The third kappa shape index (κ3) is 6.97. The van der Waals surface area contributed by atoms with Gasteiger partial charge in [0.25, 0.3) is 6.02 Å². The van der Waals surface area contributed by atoms with E-state index in [1.807, 2.05) is 18.2 Å². The zero-order chi connectivity index (χ0) is 21.2. The molecule has 0 aromatic heterocycles. The number of nitrogens with one attached hydrogen (secondary N) is 2. The molecular formula is C23H32N4O3. The first-order chi connectivity index (χ1) is 14.6. The van der Waals surface area contributed by atoms with E-state index in [1.54, 1.807) is 12.1 Å². The van der Waals surface area contributed by atoms with Crippen LogP contribution in [0.25, 0.3) is 0 Å². The first-order valence-electron chi connectivity index (χ1n) is 11.1. The molecule has 2 fully saturated rings. The number of amidine groups is 1. The van der Waals surface area contributed by atoms with Gasteiger partial charge in [0, 0.05) is 18.5 Å². The first-order valence-corrected chi connectivity index (χ1v) is 11.1. The minimum absolute atomic E-state index is 0.0487. The van der Waals surface area contributed by atoms with E-state index in [2.05, 4.69) is 15.8 Å². The molecule has 0 heterocycles. The highest BCUT2D eigenvalue weighted by molar-refractivity contribution is 6.44. The fourth-order valence-electron chi connectivity index (χ4n) is 3.99. The van der Waals surface area contributed by atoms with E-state index in [4.69, 9.17) is 9.73 Å². The van der Waals surface area contributed by atoms with Crippen LogP contribution in [-0.2, 0) is 14.3 Å². The number of hydrazone groups is 1. The molecule has 0 spiro atoms. The molecule has 162 valence electrons. The molecule has 1 amide bonds. The molecule has 2 N–H and O–H groups in total. The summed E-state index contributed by atoms with van der Waals surface area (Å²) in [6, 6.07) is 9.71. The number of carbonyl (C=O) groups excluding carboxylic acids is 2. The van der Waals surface area contributed by atoms with Gasteiger partial charge in [0.05, 0.1) is 6.04 Å². The number of hydrogen-bond donors (Lipinski definition) is 2. The molecule has 0 unspecified atom stereocenters. The maximum atomic E-state index is 13.0. The SMILES string of the molecule is CC(=O)NN=C(C(=O)OC(=NC1CCCCC1)NC1CCCCC1)c1ccccc1. The van der Waals surface area contributed by atoms with Crippen molar-refractivity contribution in [3.8, 4) is 0 Å². The Morgan fingerprint density at radius 2 is 1.57 bits per heavy atom. The fourth-order valence-corrected chi connectivity index (χ4v) is 3.99. The molecule has 7 heteroatoms. The summed E-state index contributed by atoms with van der Waals surface area (Å²) >= 11 is 0. The topological polar surface area (TPSA) is 92.2 Å². The zero-order valence-corrected chi connectivity index (χ0v) is 17.7. The molecule has 30 heavy (non-hydrogen) atoms. The van der Waals surface area contributed by atoms with Crippen LogP contribution >= 0.6 is 0 Å². The number of nitrogens with zero attached hydrogens (tertiary/aromatic N) is 2. The Bertz CT molecular complexity index is 764. The largest absolute Gasteiger partial charge is 0.388 e. The van der Waals surface area contributed by atoms with Gasteiger partial charge in [-0.2, -0.15) is 5.10 Å². The van der Waals surface area contributed by atoms with Crippen LogP contribution in [0.1, 0.15) is 76.7 Å². The third-order valence-corrected chi connectivity index (χ3v) is 5.56.